The van der Waals surface area contributed by atoms with E-state index in [1.807, 2.05) is 0 Å². The Morgan fingerprint density at radius 2 is 2.07 bits per heavy atom. The summed E-state index contributed by atoms with van der Waals surface area (Å²) in [5.41, 5.74) is 0. The molecule has 3 heteroatoms. The minimum absolute atomic E-state index is 0.521. The summed E-state index contributed by atoms with van der Waals surface area (Å²) >= 11 is 0. The van der Waals surface area contributed by atoms with E-state index in [0.717, 1.165) is 32.3 Å². The van der Waals surface area contributed by atoms with Crippen LogP contribution in [0.25, 0.3) is 0 Å². The van der Waals surface area contributed by atoms with Gasteiger partial charge in [-0.3, -0.25) is 4.90 Å². The Balaban J connectivity index is 1.53. The van der Waals surface area contributed by atoms with E-state index in [4.69, 9.17) is 4.74 Å². The molecule has 2 fully saturated rings. The van der Waals surface area contributed by atoms with Gasteiger partial charge < -0.3 is 10.1 Å². The van der Waals surface area contributed by atoms with Gasteiger partial charge in [0.1, 0.15) is 0 Å². The first kappa shape index (κ1) is 10.4. The molecule has 2 aliphatic rings. The molecule has 14 heavy (non-hydrogen) atoms. The molecule has 1 N–H and O–H groups in total. The van der Waals surface area contributed by atoms with E-state index in [9.17, 15) is 0 Å². The van der Waals surface area contributed by atoms with E-state index in [2.05, 4.69) is 17.1 Å². The lowest BCUT2D eigenvalue weighted by atomic mass is 10.1. The Labute approximate surface area is 86.8 Å². The van der Waals surface area contributed by atoms with Crippen LogP contribution in [0.15, 0.2) is 0 Å². The first-order chi connectivity index (χ1) is 6.86. The molecule has 0 aromatic heterocycles. The molecule has 2 aliphatic heterocycles. The average Bonchev–Trinajstić information content (AvgIpc) is 2.24. The second kappa shape index (κ2) is 5.10. The van der Waals surface area contributed by atoms with Crippen molar-refractivity contribution in [2.24, 2.45) is 0 Å². The lowest BCUT2D eigenvalue weighted by molar-refractivity contribution is -0.00154. The van der Waals surface area contributed by atoms with E-state index < -0.39 is 0 Å². The molecule has 0 bridgehead atoms. The van der Waals surface area contributed by atoms with Gasteiger partial charge in [0.05, 0.1) is 12.7 Å². The topological polar surface area (TPSA) is 24.5 Å². The lowest BCUT2D eigenvalue weighted by Crippen LogP contribution is -2.47. The molecule has 0 radical (unpaired) electrons. The van der Waals surface area contributed by atoms with Gasteiger partial charge in [0, 0.05) is 12.6 Å². The fraction of sp³-hybridized carbons (Fsp3) is 1.00. The summed E-state index contributed by atoms with van der Waals surface area (Å²) in [6.45, 7) is 7.89. The quantitative estimate of drug-likeness (QED) is 0.725. The van der Waals surface area contributed by atoms with Crippen LogP contribution in [0.3, 0.4) is 0 Å². The number of nitrogens with zero attached hydrogens (tertiary/aromatic N) is 1. The molecule has 0 aromatic carbocycles. The van der Waals surface area contributed by atoms with Gasteiger partial charge in [-0.2, -0.15) is 0 Å². The summed E-state index contributed by atoms with van der Waals surface area (Å²) < 4.78 is 5.86. The summed E-state index contributed by atoms with van der Waals surface area (Å²) in [6.07, 6.45) is 4.27. The fourth-order valence-corrected chi connectivity index (χ4v) is 2.20. The third-order valence-electron chi connectivity index (χ3n) is 3.48. The summed E-state index contributed by atoms with van der Waals surface area (Å²) in [7, 11) is 0. The molecular formula is C11H22N2O. The SMILES string of the molecule is CC1CCN1CCOC1CCNCC1. The van der Waals surface area contributed by atoms with Crippen molar-refractivity contribution in [3.63, 3.8) is 0 Å². The Morgan fingerprint density at radius 1 is 1.29 bits per heavy atom. The predicted octanol–water partition coefficient (Wildman–Crippen LogP) is 0.849. The molecule has 2 saturated heterocycles. The van der Waals surface area contributed by atoms with Crippen LogP contribution >= 0.6 is 0 Å². The van der Waals surface area contributed by atoms with Crippen LogP contribution in [0.5, 0.6) is 0 Å². The van der Waals surface area contributed by atoms with Crippen LogP contribution in [0, 0.1) is 0 Å². The molecule has 1 unspecified atom stereocenters. The van der Waals surface area contributed by atoms with Crippen molar-refractivity contribution in [2.45, 2.75) is 38.3 Å². The molecule has 2 rings (SSSR count). The lowest BCUT2D eigenvalue weighted by Gasteiger charge is -2.38. The molecule has 0 aromatic rings. The Hall–Kier alpha value is -0.120. The number of hydrogen-bond acceptors (Lipinski definition) is 3. The molecule has 0 amide bonds. The molecule has 2 heterocycles. The van der Waals surface area contributed by atoms with Gasteiger partial charge in [-0.15, -0.1) is 0 Å². The monoisotopic (exact) mass is 198 g/mol. The van der Waals surface area contributed by atoms with Crippen molar-refractivity contribution in [2.75, 3.05) is 32.8 Å². The van der Waals surface area contributed by atoms with Gasteiger partial charge in [0.25, 0.3) is 0 Å². The van der Waals surface area contributed by atoms with Crippen molar-refractivity contribution in [1.82, 2.24) is 10.2 Å². The zero-order chi connectivity index (χ0) is 9.80. The second-order valence-electron chi connectivity index (χ2n) is 4.49. The van der Waals surface area contributed by atoms with Gasteiger partial charge in [-0.25, -0.2) is 0 Å². The molecule has 3 nitrogen and oxygen atoms in total. The first-order valence-corrected chi connectivity index (χ1v) is 5.92. The third-order valence-corrected chi connectivity index (χ3v) is 3.48. The maximum atomic E-state index is 5.86. The van der Waals surface area contributed by atoms with Crippen molar-refractivity contribution >= 4 is 0 Å². The summed E-state index contributed by atoms with van der Waals surface area (Å²) in [5.74, 6) is 0. The van der Waals surface area contributed by atoms with E-state index in [1.165, 1.54) is 25.8 Å². The van der Waals surface area contributed by atoms with Crippen LogP contribution < -0.4 is 5.32 Å². The summed E-state index contributed by atoms with van der Waals surface area (Å²) in [4.78, 5) is 2.50. The minimum atomic E-state index is 0.521. The number of hydrogen-bond donors (Lipinski definition) is 1. The number of piperidine rings is 1. The van der Waals surface area contributed by atoms with Gasteiger partial charge in [-0.1, -0.05) is 0 Å². The van der Waals surface area contributed by atoms with Gasteiger partial charge in [0.2, 0.25) is 0 Å². The highest BCUT2D eigenvalue weighted by molar-refractivity contribution is 4.78. The molecule has 1 atom stereocenters. The number of ether oxygens (including phenoxy) is 1. The highest BCUT2D eigenvalue weighted by Crippen LogP contribution is 2.15. The summed E-state index contributed by atoms with van der Waals surface area (Å²) in [6, 6.07) is 0.798. The van der Waals surface area contributed by atoms with Crippen molar-refractivity contribution in [3.8, 4) is 0 Å². The van der Waals surface area contributed by atoms with Crippen molar-refractivity contribution < 1.29 is 4.74 Å². The number of nitrogens with one attached hydrogen (secondary N) is 1. The molecular weight excluding hydrogens is 176 g/mol. The minimum Gasteiger partial charge on any atom is -0.377 e. The third kappa shape index (κ3) is 2.69. The Morgan fingerprint density at radius 3 is 2.64 bits per heavy atom. The standard InChI is InChI=1S/C11H22N2O/c1-10-4-7-13(10)8-9-14-11-2-5-12-6-3-11/h10-12H,2-9H2,1H3. The van der Waals surface area contributed by atoms with Crippen LogP contribution in [0.1, 0.15) is 26.2 Å². The van der Waals surface area contributed by atoms with Crippen LogP contribution in [-0.4, -0.2) is 49.8 Å². The van der Waals surface area contributed by atoms with E-state index in [-0.39, 0.29) is 0 Å². The maximum Gasteiger partial charge on any atom is 0.0600 e. The first-order valence-electron chi connectivity index (χ1n) is 5.92. The fourth-order valence-electron chi connectivity index (χ4n) is 2.20. The van der Waals surface area contributed by atoms with E-state index >= 15 is 0 Å². The highest BCUT2D eigenvalue weighted by Gasteiger charge is 2.23. The van der Waals surface area contributed by atoms with Gasteiger partial charge in [-0.05, 0) is 45.8 Å². The zero-order valence-electron chi connectivity index (χ0n) is 9.17. The van der Waals surface area contributed by atoms with Gasteiger partial charge in [0.15, 0.2) is 0 Å². The normalized spacial score (nSPS) is 30.2. The average molecular weight is 198 g/mol. The van der Waals surface area contributed by atoms with Crippen molar-refractivity contribution in [3.05, 3.63) is 0 Å². The number of likely N-dealkylation sites (tertiary alicyclic amines) is 1. The maximum absolute atomic E-state index is 5.86. The largest absolute Gasteiger partial charge is 0.377 e. The van der Waals surface area contributed by atoms with E-state index in [0.29, 0.717) is 6.10 Å². The molecule has 0 aliphatic carbocycles. The highest BCUT2D eigenvalue weighted by atomic mass is 16.5. The van der Waals surface area contributed by atoms with Crippen LogP contribution in [0.4, 0.5) is 0 Å². The van der Waals surface area contributed by atoms with Crippen molar-refractivity contribution in [1.29, 1.82) is 0 Å². The molecule has 0 spiro atoms. The molecule has 82 valence electrons. The van der Waals surface area contributed by atoms with Crippen LogP contribution in [-0.2, 0) is 4.74 Å². The number of rotatable bonds is 4. The second-order valence-corrected chi connectivity index (χ2v) is 4.49. The van der Waals surface area contributed by atoms with Crippen LogP contribution in [0.2, 0.25) is 0 Å². The van der Waals surface area contributed by atoms with E-state index in [1.54, 1.807) is 0 Å². The van der Waals surface area contributed by atoms with Gasteiger partial charge >= 0.3 is 0 Å². The Bertz CT molecular complexity index is 169. The predicted molar refractivity (Wildman–Crippen MR) is 57.5 cm³/mol. The summed E-state index contributed by atoms with van der Waals surface area (Å²) in [5, 5.41) is 3.35. The molecule has 0 saturated carbocycles. The Kier molecular flexibility index (Phi) is 3.79. The smallest absolute Gasteiger partial charge is 0.0600 e. The zero-order valence-corrected chi connectivity index (χ0v) is 9.17.